The Morgan fingerprint density at radius 3 is 3.11 bits per heavy atom. The van der Waals surface area contributed by atoms with Gasteiger partial charge in [0.15, 0.2) is 5.65 Å². The third kappa shape index (κ3) is 2.63. The second-order valence-electron chi connectivity index (χ2n) is 4.42. The van der Waals surface area contributed by atoms with E-state index >= 15 is 0 Å². The molecule has 1 amide bonds. The zero-order valence-electron chi connectivity index (χ0n) is 11.1. The molecule has 6 heteroatoms. The number of hydrogen-bond donors (Lipinski definition) is 2. The van der Waals surface area contributed by atoms with Crippen molar-refractivity contribution in [2.75, 3.05) is 5.32 Å². The Balaban J connectivity index is 2.24. The van der Waals surface area contributed by atoms with Crippen molar-refractivity contribution in [3.63, 3.8) is 0 Å². The number of aryl methyl sites for hydroxylation is 2. The Hall–Kier alpha value is -2.21. The number of nitrogens with two attached hydrogens (primary N) is 1. The summed E-state index contributed by atoms with van der Waals surface area (Å²) in [4.78, 5) is 16.1. The number of fused-ring (bicyclic) bond motifs is 1. The van der Waals surface area contributed by atoms with Crippen molar-refractivity contribution < 1.29 is 4.79 Å². The number of carbonyl (C=O) groups excluding carboxylic acids is 1. The maximum Gasteiger partial charge on any atom is 0.241 e. The summed E-state index contributed by atoms with van der Waals surface area (Å²) in [6.07, 6.45) is 3.66. The molecule has 0 aromatic carbocycles. The highest BCUT2D eigenvalue weighted by Crippen LogP contribution is 2.19. The summed E-state index contributed by atoms with van der Waals surface area (Å²) in [5, 5.41) is 7.94. The molecule has 1 atom stereocenters. The van der Waals surface area contributed by atoms with Crippen LogP contribution in [-0.2, 0) is 11.8 Å². The van der Waals surface area contributed by atoms with Gasteiger partial charge in [0.05, 0.1) is 23.6 Å². The Morgan fingerprint density at radius 2 is 2.42 bits per heavy atom. The zero-order chi connectivity index (χ0) is 14.0. The van der Waals surface area contributed by atoms with Gasteiger partial charge in [-0.15, -0.1) is 6.58 Å². The van der Waals surface area contributed by atoms with Crippen LogP contribution in [0.1, 0.15) is 12.1 Å². The molecule has 2 heterocycles. The Bertz CT molecular complexity index is 631. The van der Waals surface area contributed by atoms with Crippen LogP contribution in [0.4, 0.5) is 5.69 Å². The van der Waals surface area contributed by atoms with E-state index in [1.54, 1.807) is 17.0 Å². The average Bonchev–Trinajstić information content (AvgIpc) is 2.65. The molecule has 2 aromatic rings. The smallest absolute Gasteiger partial charge is 0.241 e. The van der Waals surface area contributed by atoms with E-state index in [1.165, 1.54) is 0 Å². The minimum Gasteiger partial charge on any atom is -0.323 e. The molecule has 0 saturated carbocycles. The number of pyridine rings is 1. The first-order valence-electron chi connectivity index (χ1n) is 5.99. The van der Waals surface area contributed by atoms with Crippen LogP contribution in [0, 0.1) is 6.92 Å². The largest absolute Gasteiger partial charge is 0.323 e. The van der Waals surface area contributed by atoms with E-state index in [1.807, 2.05) is 20.0 Å². The summed E-state index contributed by atoms with van der Waals surface area (Å²) in [7, 11) is 1.83. The monoisotopic (exact) mass is 259 g/mol. The molecular formula is C13H17N5O. The molecule has 0 spiro atoms. The lowest BCUT2D eigenvalue weighted by Gasteiger charge is -2.10. The van der Waals surface area contributed by atoms with Crippen molar-refractivity contribution in [1.29, 1.82) is 0 Å². The van der Waals surface area contributed by atoms with E-state index in [2.05, 4.69) is 22.0 Å². The third-order valence-electron chi connectivity index (χ3n) is 2.89. The third-order valence-corrected chi connectivity index (χ3v) is 2.89. The summed E-state index contributed by atoms with van der Waals surface area (Å²) in [6.45, 7) is 5.46. The average molecular weight is 259 g/mol. The van der Waals surface area contributed by atoms with Crippen LogP contribution >= 0.6 is 0 Å². The fourth-order valence-corrected chi connectivity index (χ4v) is 1.90. The molecule has 1 unspecified atom stereocenters. The first-order chi connectivity index (χ1) is 9.02. The first kappa shape index (κ1) is 13.2. The maximum atomic E-state index is 11.8. The second kappa shape index (κ2) is 5.19. The van der Waals surface area contributed by atoms with Crippen molar-refractivity contribution in [3.8, 4) is 0 Å². The molecule has 0 aliphatic heterocycles. The number of anilines is 1. The minimum absolute atomic E-state index is 0.248. The van der Waals surface area contributed by atoms with E-state index in [-0.39, 0.29) is 5.91 Å². The molecule has 2 rings (SSSR count). The van der Waals surface area contributed by atoms with E-state index < -0.39 is 6.04 Å². The van der Waals surface area contributed by atoms with Crippen molar-refractivity contribution in [2.45, 2.75) is 19.4 Å². The zero-order valence-corrected chi connectivity index (χ0v) is 11.1. The molecule has 100 valence electrons. The topological polar surface area (TPSA) is 85.8 Å². The summed E-state index contributed by atoms with van der Waals surface area (Å²) < 4.78 is 1.71. The molecule has 6 nitrogen and oxygen atoms in total. The number of nitrogens with one attached hydrogen (secondary N) is 1. The van der Waals surface area contributed by atoms with Gasteiger partial charge in [-0.3, -0.25) is 9.48 Å². The van der Waals surface area contributed by atoms with Gasteiger partial charge in [-0.05, 0) is 19.4 Å². The second-order valence-corrected chi connectivity index (χ2v) is 4.42. The summed E-state index contributed by atoms with van der Waals surface area (Å²) >= 11 is 0. The van der Waals surface area contributed by atoms with E-state index in [4.69, 9.17) is 5.73 Å². The van der Waals surface area contributed by atoms with Crippen LogP contribution in [-0.4, -0.2) is 26.7 Å². The molecule has 0 bridgehead atoms. The standard InChI is InChI=1S/C13H17N5O/c1-4-5-11(14)13(19)16-9-6-10-8(2)17-18(3)12(10)15-7-9/h4,6-7,11H,1,5,14H2,2-3H3,(H,16,19). The van der Waals surface area contributed by atoms with Crippen molar-refractivity contribution in [2.24, 2.45) is 12.8 Å². The molecule has 0 fully saturated rings. The van der Waals surface area contributed by atoms with Crippen LogP contribution in [0.25, 0.3) is 11.0 Å². The molecular weight excluding hydrogens is 242 g/mol. The van der Waals surface area contributed by atoms with Crippen LogP contribution in [0.3, 0.4) is 0 Å². The number of aromatic nitrogens is 3. The Kier molecular flexibility index (Phi) is 3.62. The van der Waals surface area contributed by atoms with Crippen LogP contribution < -0.4 is 11.1 Å². The molecule has 0 aliphatic rings. The predicted molar refractivity (Wildman–Crippen MR) is 74.7 cm³/mol. The number of hydrogen-bond acceptors (Lipinski definition) is 4. The molecule has 19 heavy (non-hydrogen) atoms. The normalized spacial score (nSPS) is 12.4. The molecule has 0 radical (unpaired) electrons. The van der Waals surface area contributed by atoms with Crippen molar-refractivity contribution >= 4 is 22.6 Å². The summed E-state index contributed by atoms with van der Waals surface area (Å²) in [5.74, 6) is -0.248. The summed E-state index contributed by atoms with van der Waals surface area (Å²) in [6, 6.07) is 1.26. The highest BCUT2D eigenvalue weighted by Gasteiger charge is 2.13. The van der Waals surface area contributed by atoms with Gasteiger partial charge in [0, 0.05) is 12.4 Å². The number of rotatable bonds is 4. The van der Waals surface area contributed by atoms with E-state index in [0.717, 1.165) is 16.7 Å². The number of nitrogens with zero attached hydrogens (tertiary/aromatic N) is 3. The summed E-state index contributed by atoms with van der Waals surface area (Å²) in [5.41, 5.74) is 7.98. The van der Waals surface area contributed by atoms with Gasteiger partial charge in [0.25, 0.3) is 0 Å². The fourth-order valence-electron chi connectivity index (χ4n) is 1.90. The number of amides is 1. The van der Waals surface area contributed by atoms with Gasteiger partial charge < -0.3 is 11.1 Å². The fraction of sp³-hybridized carbons (Fsp3) is 0.308. The van der Waals surface area contributed by atoms with Gasteiger partial charge in [0.2, 0.25) is 5.91 Å². The van der Waals surface area contributed by atoms with E-state index in [0.29, 0.717) is 12.1 Å². The molecule has 2 aromatic heterocycles. The SMILES string of the molecule is C=CCC(N)C(=O)Nc1cnc2c(c1)c(C)nn2C. The Labute approximate surface area is 111 Å². The lowest BCUT2D eigenvalue weighted by Crippen LogP contribution is -2.35. The van der Waals surface area contributed by atoms with Gasteiger partial charge in [0.1, 0.15) is 0 Å². The van der Waals surface area contributed by atoms with Gasteiger partial charge in [-0.2, -0.15) is 5.10 Å². The lowest BCUT2D eigenvalue weighted by molar-refractivity contribution is -0.117. The minimum atomic E-state index is -0.594. The highest BCUT2D eigenvalue weighted by atomic mass is 16.2. The highest BCUT2D eigenvalue weighted by molar-refractivity contribution is 5.96. The van der Waals surface area contributed by atoms with Crippen molar-refractivity contribution in [3.05, 3.63) is 30.6 Å². The van der Waals surface area contributed by atoms with Crippen LogP contribution in [0.15, 0.2) is 24.9 Å². The van der Waals surface area contributed by atoms with Gasteiger partial charge in [-0.25, -0.2) is 4.98 Å². The maximum absolute atomic E-state index is 11.8. The first-order valence-corrected chi connectivity index (χ1v) is 5.99. The van der Waals surface area contributed by atoms with Crippen LogP contribution in [0.2, 0.25) is 0 Å². The van der Waals surface area contributed by atoms with Crippen molar-refractivity contribution in [1.82, 2.24) is 14.8 Å². The molecule has 3 N–H and O–H groups in total. The van der Waals surface area contributed by atoms with Gasteiger partial charge >= 0.3 is 0 Å². The predicted octanol–water partition coefficient (Wildman–Crippen LogP) is 1.12. The molecule has 0 saturated heterocycles. The number of carbonyl (C=O) groups is 1. The lowest BCUT2D eigenvalue weighted by atomic mass is 10.2. The Morgan fingerprint density at radius 1 is 1.68 bits per heavy atom. The van der Waals surface area contributed by atoms with Crippen LogP contribution in [0.5, 0.6) is 0 Å². The van der Waals surface area contributed by atoms with E-state index in [9.17, 15) is 4.79 Å². The molecule has 0 aliphatic carbocycles. The van der Waals surface area contributed by atoms with Gasteiger partial charge in [-0.1, -0.05) is 6.08 Å². The quantitative estimate of drug-likeness (QED) is 0.806.